The molecule has 0 spiro atoms. The molecule has 1 N–H and O–H groups in total. The van der Waals surface area contributed by atoms with Gasteiger partial charge in [0.25, 0.3) is 5.56 Å². The minimum absolute atomic E-state index is 0.0500. The van der Waals surface area contributed by atoms with Gasteiger partial charge in [0, 0.05) is 24.9 Å². The maximum atomic E-state index is 13.7. The van der Waals surface area contributed by atoms with Gasteiger partial charge in [0.15, 0.2) is 9.84 Å². The molecule has 3 heterocycles. The number of amides is 1. The Bertz CT molecular complexity index is 1870. The average Bonchev–Trinajstić information content (AvgIpc) is 3.43. The fourth-order valence-corrected chi connectivity index (χ4v) is 6.89. The lowest BCUT2D eigenvalue weighted by atomic mass is 10.1. The van der Waals surface area contributed by atoms with Gasteiger partial charge in [-0.15, -0.1) is 0 Å². The van der Waals surface area contributed by atoms with Crippen molar-refractivity contribution in [3.8, 4) is 11.8 Å². The summed E-state index contributed by atoms with van der Waals surface area (Å²) in [6.45, 7) is 5.21. The number of anilines is 1. The highest BCUT2D eigenvalue weighted by Gasteiger charge is 2.50. The predicted molar refractivity (Wildman–Crippen MR) is 158 cm³/mol. The van der Waals surface area contributed by atoms with E-state index >= 15 is 0 Å². The number of pyridine rings is 1. The van der Waals surface area contributed by atoms with E-state index in [2.05, 4.69) is 16.5 Å². The maximum Gasteiger partial charge on any atom is 0.420 e. The maximum absolute atomic E-state index is 13.7. The number of nitriles is 1. The second-order valence-electron chi connectivity index (χ2n) is 11.9. The molecule has 5 rings (SSSR count). The van der Waals surface area contributed by atoms with Crippen LogP contribution in [0.15, 0.2) is 58.4 Å². The van der Waals surface area contributed by atoms with E-state index in [1.807, 2.05) is 13.8 Å². The molecule has 1 amide bonds. The molecular weight excluding hydrogens is 629 g/mol. The summed E-state index contributed by atoms with van der Waals surface area (Å²) in [5, 5.41) is 15.5. The van der Waals surface area contributed by atoms with Gasteiger partial charge in [-0.05, 0) is 62.4 Å². The van der Waals surface area contributed by atoms with Crippen LogP contribution in [0.3, 0.4) is 0 Å². The molecular formula is C30H31F3N6O6S. The number of carbonyl (C=O) groups is 2. The van der Waals surface area contributed by atoms with Gasteiger partial charge in [-0.25, -0.2) is 22.5 Å². The molecule has 1 saturated heterocycles. The van der Waals surface area contributed by atoms with Crippen molar-refractivity contribution in [1.82, 2.24) is 19.7 Å². The Morgan fingerprint density at radius 1 is 1.17 bits per heavy atom. The number of sulfone groups is 1. The molecule has 2 atom stereocenters. The number of aromatic nitrogens is 3. The summed E-state index contributed by atoms with van der Waals surface area (Å²) >= 11 is 0. The summed E-state index contributed by atoms with van der Waals surface area (Å²) in [5.41, 5.74) is -2.10. The second kappa shape index (κ2) is 11.9. The minimum atomic E-state index is -4.65. The van der Waals surface area contributed by atoms with E-state index in [0.717, 1.165) is 22.8 Å². The molecule has 16 heteroatoms. The van der Waals surface area contributed by atoms with Crippen LogP contribution < -0.4 is 15.8 Å². The molecule has 1 aliphatic heterocycles. The van der Waals surface area contributed by atoms with Crippen LogP contribution in [0, 0.1) is 24.2 Å². The molecule has 0 radical (unpaired) electrons. The molecule has 244 valence electrons. The average molecular weight is 661 g/mol. The number of rotatable bonds is 8. The highest BCUT2D eigenvalue weighted by atomic mass is 32.2. The molecule has 0 bridgehead atoms. The zero-order valence-corrected chi connectivity index (χ0v) is 25.9. The highest BCUT2D eigenvalue weighted by Crippen LogP contribution is 2.38. The highest BCUT2D eigenvalue weighted by molar-refractivity contribution is 7.92. The van der Waals surface area contributed by atoms with Gasteiger partial charge in [-0.1, -0.05) is 13.8 Å². The fourth-order valence-electron chi connectivity index (χ4n) is 5.20. The van der Waals surface area contributed by atoms with Crippen molar-refractivity contribution < 1.29 is 35.9 Å². The number of aryl methyl sites for hydroxylation is 1. The standard InChI is InChI=1S/C30H31F3N6O6S/c1-18(2)16-45-28(42)37-11-8-21(13-26(37)40)39-25(12-19(3)36-39)38-15-23(14-24(38)27(41)35-29(17-34)9-10-29)46(43,44)22-6-4-20(5-7-22)30(31,32)33/h4-8,11-13,18,23-24H,9-10,14-16H2,1-3H3,(H,35,41)/t23-,24+/m1/s1. The Hall–Kier alpha value is -4.65. The first-order valence-corrected chi connectivity index (χ1v) is 16.0. The molecule has 2 fully saturated rings. The monoisotopic (exact) mass is 660 g/mol. The van der Waals surface area contributed by atoms with Crippen molar-refractivity contribution in [2.45, 2.75) is 67.9 Å². The van der Waals surface area contributed by atoms with Gasteiger partial charge < -0.3 is 15.0 Å². The second-order valence-corrected chi connectivity index (χ2v) is 14.1. The van der Waals surface area contributed by atoms with Crippen LogP contribution in [0.5, 0.6) is 0 Å². The Balaban J connectivity index is 1.50. The summed E-state index contributed by atoms with van der Waals surface area (Å²) in [4.78, 5) is 40.1. The minimum Gasteiger partial charge on any atom is -0.449 e. The van der Waals surface area contributed by atoms with E-state index in [-0.39, 0.29) is 41.9 Å². The third-order valence-corrected chi connectivity index (χ3v) is 9.98. The van der Waals surface area contributed by atoms with Crippen LogP contribution in [0.2, 0.25) is 0 Å². The van der Waals surface area contributed by atoms with Crippen LogP contribution >= 0.6 is 0 Å². The zero-order valence-electron chi connectivity index (χ0n) is 25.1. The molecule has 2 aliphatic rings. The molecule has 12 nitrogen and oxygen atoms in total. The molecule has 0 unspecified atom stereocenters. The molecule has 2 aromatic heterocycles. The quantitative estimate of drug-likeness (QED) is 0.382. The van der Waals surface area contributed by atoms with Gasteiger partial charge >= 0.3 is 12.3 Å². The van der Waals surface area contributed by atoms with Crippen LogP contribution in [-0.4, -0.2) is 64.7 Å². The van der Waals surface area contributed by atoms with Gasteiger partial charge in [0.05, 0.1) is 39.8 Å². The lowest BCUT2D eigenvalue weighted by Crippen LogP contribution is -2.48. The van der Waals surface area contributed by atoms with Crippen molar-refractivity contribution in [3.05, 3.63) is 70.3 Å². The van der Waals surface area contributed by atoms with E-state index in [9.17, 15) is 41.2 Å². The fraction of sp³-hybridized carbons (Fsp3) is 0.433. The molecule has 1 aromatic carbocycles. The topological polar surface area (TPSA) is 156 Å². The number of benzene rings is 1. The third kappa shape index (κ3) is 6.50. The van der Waals surface area contributed by atoms with Crippen molar-refractivity contribution in [2.75, 3.05) is 18.1 Å². The van der Waals surface area contributed by atoms with Gasteiger partial charge in [0.1, 0.15) is 17.4 Å². The third-order valence-electron chi connectivity index (χ3n) is 7.83. The zero-order chi connectivity index (χ0) is 33.6. The van der Waals surface area contributed by atoms with E-state index in [1.165, 1.54) is 21.8 Å². The van der Waals surface area contributed by atoms with E-state index in [0.29, 0.717) is 30.7 Å². The van der Waals surface area contributed by atoms with Crippen LogP contribution in [0.25, 0.3) is 5.69 Å². The SMILES string of the molecule is Cc1cc(N2C[C@H](S(=O)(=O)c3ccc(C(F)(F)F)cc3)C[C@H]2C(=O)NC2(C#N)CC2)n(-c2ccn(C(=O)OCC(C)C)c(=O)c2)n1. The number of ether oxygens (including phenoxy) is 1. The first kappa shape index (κ1) is 32.7. The molecule has 46 heavy (non-hydrogen) atoms. The summed E-state index contributed by atoms with van der Waals surface area (Å²) in [7, 11) is -4.23. The Kier molecular flexibility index (Phi) is 8.49. The number of nitrogens with zero attached hydrogens (tertiary/aromatic N) is 5. The van der Waals surface area contributed by atoms with Crippen LogP contribution in [-0.2, 0) is 25.5 Å². The van der Waals surface area contributed by atoms with Crippen LogP contribution in [0.4, 0.5) is 23.8 Å². The van der Waals surface area contributed by atoms with Gasteiger partial charge in [-0.3, -0.25) is 9.59 Å². The largest absolute Gasteiger partial charge is 0.449 e. The normalized spacial score (nSPS) is 19.1. The molecule has 1 aliphatic carbocycles. The number of alkyl halides is 3. The Morgan fingerprint density at radius 3 is 2.41 bits per heavy atom. The summed E-state index contributed by atoms with van der Waals surface area (Å²) < 4.78 is 74.0. The van der Waals surface area contributed by atoms with Crippen molar-refractivity contribution in [3.63, 3.8) is 0 Å². The number of hydrogen-bond acceptors (Lipinski definition) is 9. The Morgan fingerprint density at radius 2 is 1.85 bits per heavy atom. The van der Waals surface area contributed by atoms with Crippen molar-refractivity contribution in [1.29, 1.82) is 5.26 Å². The lowest BCUT2D eigenvalue weighted by Gasteiger charge is -2.27. The van der Waals surface area contributed by atoms with E-state index < -0.39 is 56.0 Å². The van der Waals surface area contributed by atoms with Crippen LogP contribution in [0.1, 0.15) is 44.4 Å². The predicted octanol–water partition coefficient (Wildman–Crippen LogP) is 3.60. The van der Waals surface area contributed by atoms with E-state index in [1.54, 1.807) is 13.0 Å². The first-order valence-electron chi connectivity index (χ1n) is 14.4. The summed E-state index contributed by atoms with van der Waals surface area (Å²) in [6, 6.07) is 8.28. The number of carbonyl (C=O) groups excluding carboxylic acids is 2. The van der Waals surface area contributed by atoms with Crippen molar-refractivity contribution >= 4 is 27.7 Å². The number of hydrogen-bond donors (Lipinski definition) is 1. The molecule has 1 saturated carbocycles. The Labute approximate surface area is 262 Å². The number of halogens is 3. The van der Waals surface area contributed by atoms with Gasteiger partial charge in [-0.2, -0.15) is 23.5 Å². The smallest absolute Gasteiger partial charge is 0.420 e. The molecule has 3 aromatic rings. The summed E-state index contributed by atoms with van der Waals surface area (Å²) in [6.07, 6.45) is -3.66. The van der Waals surface area contributed by atoms with Gasteiger partial charge in [0.2, 0.25) is 5.91 Å². The summed E-state index contributed by atoms with van der Waals surface area (Å²) in [5.74, 6) is -0.295. The first-order chi connectivity index (χ1) is 21.5. The lowest BCUT2D eigenvalue weighted by molar-refractivity contribution is -0.137. The van der Waals surface area contributed by atoms with Crippen molar-refractivity contribution in [2.24, 2.45) is 5.92 Å². The number of nitrogens with one attached hydrogen (secondary N) is 1. The van der Waals surface area contributed by atoms with E-state index in [4.69, 9.17) is 4.74 Å².